The molecular weight excluding hydrogens is 395 g/mol. The quantitative estimate of drug-likeness (QED) is 0.684. The molecule has 0 bridgehead atoms. The topological polar surface area (TPSA) is 68.5 Å². The summed E-state index contributed by atoms with van der Waals surface area (Å²) in [7, 11) is 0. The fourth-order valence-electron chi connectivity index (χ4n) is 3.13. The lowest BCUT2D eigenvalue weighted by Crippen LogP contribution is -2.28. The lowest BCUT2D eigenvalue weighted by atomic mass is 10.0. The Kier molecular flexibility index (Phi) is 5.31. The Hall–Kier alpha value is -3.19. The monoisotopic (exact) mass is 412 g/mol. The maximum Gasteiger partial charge on any atom is 0.269 e. The molecule has 6 nitrogen and oxygen atoms in total. The van der Waals surface area contributed by atoms with Crippen molar-refractivity contribution in [1.29, 1.82) is 0 Å². The summed E-state index contributed by atoms with van der Waals surface area (Å²) in [6.07, 6.45) is -0.754. The lowest BCUT2D eigenvalue weighted by molar-refractivity contribution is -0.125. The Labute approximate surface area is 171 Å². The van der Waals surface area contributed by atoms with Gasteiger partial charge in [0.25, 0.3) is 5.91 Å². The molecule has 0 saturated heterocycles. The highest BCUT2D eigenvalue weighted by molar-refractivity contribution is 6.34. The van der Waals surface area contributed by atoms with Crippen LogP contribution in [0.5, 0.6) is 0 Å². The molecule has 3 aromatic rings. The highest BCUT2D eigenvalue weighted by atomic mass is 35.5. The van der Waals surface area contributed by atoms with Gasteiger partial charge in [-0.1, -0.05) is 53.2 Å². The number of oxime groups is 1. The number of nitrogens with one attached hydrogen (secondary N) is 1. The highest BCUT2D eigenvalue weighted by Crippen LogP contribution is 2.26. The van der Waals surface area contributed by atoms with Gasteiger partial charge in [0.2, 0.25) is 6.10 Å². The van der Waals surface area contributed by atoms with Gasteiger partial charge in [0.05, 0.1) is 22.8 Å². The summed E-state index contributed by atoms with van der Waals surface area (Å²) in [4.78, 5) is 17.8. The number of anilines is 1. The molecule has 1 aromatic heterocycles. The van der Waals surface area contributed by atoms with E-state index >= 15 is 0 Å². The number of hydrogen-bond donors (Lipinski definition) is 1. The molecule has 0 saturated carbocycles. The van der Waals surface area contributed by atoms with Gasteiger partial charge in [-0.2, -0.15) is 5.10 Å². The number of amides is 1. The van der Waals surface area contributed by atoms with Gasteiger partial charge in [0, 0.05) is 18.2 Å². The van der Waals surface area contributed by atoms with Crippen molar-refractivity contribution in [2.45, 2.75) is 26.0 Å². The normalized spacial score (nSPS) is 15.7. The smallest absolute Gasteiger partial charge is 0.269 e. The molecule has 0 aliphatic carbocycles. The van der Waals surface area contributed by atoms with Crippen molar-refractivity contribution in [3.05, 3.63) is 82.3 Å². The maximum atomic E-state index is 14.1. The average molecular weight is 413 g/mol. The van der Waals surface area contributed by atoms with E-state index in [4.69, 9.17) is 16.4 Å². The molecule has 4 rings (SSSR count). The van der Waals surface area contributed by atoms with E-state index in [1.165, 1.54) is 12.1 Å². The van der Waals surface area contributed by atoms with E-state index in [0.29, 0.717) is 18.1 Å². The Morgan fingerprint density at radius 3 is 2.83 bits per heavy atom. The van der Waals surface area contributed by atoms with E-state index in [2.05, 4.69) is 15.6 Å². The summed E-state index contributed by atoms with van der Waals surface area (Å²) < 4.78 is 15.9. The summed E-state index contributed by atoms with van der Waals surface area (Å²) in [6.45, 7) is 2.51. The standard InChI is InChI=1S/C21H18ClFN4O2/c1-13-10-19(25-27(13)12-14-6-3-2-4-7-14)24-21(28)18-11-17(26-29-18)20-15(22)8-5-9-16(20)23/h2-10,18H,11-12H2,1H3,(H,24,25,28). The summed E-state index contributed by atoms with van der Waals surface area (Å²) >= 11 is 6.06. The van der Waals surface area contributed by atoms with Crippen LogP contribution < -0.4 is 5.32 Å². The van der Waals surface area contributed by atoms with Gasteiger partial charge in [0.1, 0.15) is 5.82 Å². The Bertz CT molecular complexity index is 1060. The number of carbonyl (C=O) groups excluding carboxylic acids is 1. The zero-order chi connectivity index (χ0) is 20.4. The molecule has 2 aromatic carbocycles. The summed E-state index contributed by atoms with van der Waals surface area (Å²) in [5.41, 5.74) is 2.48. The minimum absolute atomic E-state index is 0.121. The minimum Gasteiger partial charge on any atom is -0.382 e. The van der Waals surface area contributed by atoms with Crippen molar-refractivity contribution >= 4 is 29.0 Å². The first-order chi connectivity index (χ1) is 14.0. The van der Waals surface area contributed by atoms with Crippen LogP contribution in [0.1, 0.15) is 23.2 Å². The third-order valence-electron chi connectivity index (χ3n) is 4.62. The van der Waals surface area contributed by atoms with Crippen LogP contribution in [0, 0.1) is 12.7 Å². The second-order valence-electron chi connectivity index (χ2n) is 6.74. The van der Waals surface area contributed by atoms with Crippen LogP contribution in [0.15, 0.2) is 59.8 Å². The predicted octanol–water partition coefficient (Wildman–Crippen LogP) is 4.16. The van der Waals surface area contributed by atoms with Crippen molar-refractivity contribution in [3.8, 4) is 0 Å². The van der Waals surface area contributed by atoms with Crippen molar-refractivity contribution in [1.82, 2.24) is 9.78 Å². The number of halogens is 2. The first-order valence-corrected chi connectivity index (χ1v) is 9.45. The summed E-state index contributed by atoms with van der Waals surface area (Å²) in [6, 6.07) is 16.1. The molecule has 1 aliphatic heterocycles. The fourth-order valence-corrected chi connectivity index (χ4v) is 3.41. The van der Waals surface area contributed by atoms with Crippen molar-refractivity contribution in [2.75, 3.05) is 5.32 Å². The molecule has 8 heteroatoms. The molecule has 0 radical (unpaired) electrons. The first kappa shape index (κ1) is 19.1. The molecule has 1 atom stereocenters. The maximum absolute atomic E-state index is 14.1. The van der Waals surface area contributed by atoms with E-state index in [-0.39, 0.29) is 17.0 Å². The predicted molar refractivity (Wildman–Crippen MR) is 109 cm³/mol. The SMILES string of the molecule is Cc1cc(NC(=O)C2CC(c3c(F)cccc3Cl)=NO2)nn1Cc1ccccc1. The second kappa shape index (κ2) is 8.05. The van der Waals surface area contributed by atoms with Crippen LogP contribution in [0.4, 0.5) is 10.2 Å². The van der Waals surface area contributed by atoms with Gasteiger partial charge in [-0.3, -0.25) is 9.48 Å². The molecular formula is C21H18ClFN4O2. The zero-order valence-corrected chi connectivity index (χ0v) is 16.4. The lowest BCUT2D eigenvalue weighted by Gasteiger charge is -2.08. The van der Waals surface area contributed by atoms with Crippen LogP contribution in [0.3, 0.4) is 0 Å². The molecule has 148 valence electrons. The largest absolute Gasteiger partial charge is 0.382 e. The van der Waals surface area contributed by atoms with Gasteiger partial charge >= 0.3 is 0 Å². The van der Waals surface area contributed by atoms with Gasteiger partial charge in [-0.15, -0.1) is 0 Å². The second-order valence-corrected chi connectivity index (χ2v) is 7.14. The molecule has 2 heterocycles. The van der Waals surface area contributed by atoms with Gasteiger partial charge < -0.3 is 10.2 Å². The molecule has 1 amide bonds. The molecule has 0 fully saturated rings. The Morgan fingerprint density at radius 1 is 1.28 bits per heavy atom. The Balaban J connectivity index is 1.41. The summed E-state index contributed by atoms with van der Waals surface area (Å²) in [5, 5.41) is 11.3. The van der Waals surface area contributed by atoms with Crippen molar-refractivity contribution in [3.63, 3.8) is 0 Å². The van der Waals surface area contributed by atoms with Crippen LogP contribution >= 0.6 is 11.6 Å². The van der Waals surface area contributed by atoms with Crippen LogP contribution in [0.25, 0.3) is 0 Å². The van der Waals surface area contributed by atoms with Crippen molar-refractivity contribution in [2.24, 2.45) is 5.16 Å². The molecule has 1 unspecified atom stereocenters. The van der Waals surface area contributed by atoms with E-state index in [1.54, 1.807) is 12.1 Å². The number of nitrogens with zero attached hydrogens (tertiary/aromatic N) is 3. The number of carbonyl (C=O) groups is 1. The number of rotatable bonds is 5. The Morgan fingerprint density at radius 2 is 2.07 bits per heavy atom. The van der Waals surface area contributed by atoms with Crippen molar-refractivity contribution < 1.29 is 14.0 Å². The van der Waals surface area contributed by atoms with E-state index in [1.807, 2.05) is 41.9 Å². The van der Waals surface area contributed by atoms with E-state index in [0.717, 1.165) is 11.3 Å². The summed E-state index contributed by atoms with van der Waals surface area (Å²) in [5.74, 6) is -0.485. The third kappa shape index (κ3) is 4.14. The van der Waals surface area contributed by atoms with Crippen LogP contribution in [0.2, 0.25) is 5.02 Å². The van der Waals surface area contributed by atoms with Crippen LogP contribution in [-0.4, -0.2) is 27.5 Å². The van der Waals surface area contributed by atoms with Gasteiger partial charge in [-0.25, -0.2) is 4.39 Å². The average Bonchev–Trinajstić information content (AvgIpc) is 3.30. The van der Waals surface area contributed by atoms with E-state index in [9.17, 15) is 9.18 Å². The number of benzene rings is 2. The fraction of sp³-hybridized carbons (Fsp3) is 0.190. The van der Waals surface area contributed by atoms with E-state index < -0.39 is 17.8 Å². The minimum atomic E-state index is -0.875. The molecule has 1 aliphatic rings. The van der Waals surface area contributed by atoms with Gasteiger partial charge in [-0.05, 0) is 24.6 Å². The number of hydrogen-bond acceptors (Lipinski definition) is 4. The zero-order valence-electron chi connectivity index (χ0n) is 15.6. The van der Waals surface area contributed by atoms with Crippen LogP contribution in [-0.2, 0) is 16.2 Å². The molecule has 29 heavy (non-hydrogen) atoms. The molecule has 0 spiro atoms. The number of aromatic nitrogens is 2. The third-order valence-corrected chi connectivity index (χ3v) is 4.94. The first-order valence-electron chi connectivity index (χ1n) is 9.07. The highest BCUT2D eigenvalue weighted by Gasteiger charge is 2.31. The number of aryl methyl sites for hydroxylation is 1. The molecule has 1 N–H and O–H groups in total. The van der Waals surface area contributed by atoms with Gasteiger partial charge in [0.15, 0.2) is 5.82 Å².